The summed E-state index contributed by atoms with van der Waals surface area (Å²) in [5.74, 6) is 0.493. The van der Waals surface area contributed by atoms with Crippen molar-refractivity contribution in [2.45, 2.75) is 25.3 Å². The summed E-state index contributed by atoms with van der Waals surface area (Å²) in [5, 5.41) is 10.7. The minimum atomic E-state index is -0.678. The molecule has 2 aromatic heterocycles. The number of anilines is 1. The molecule has 1 aliphatic heterocycles. The fraction of sp³-hybridized carbons (Fsp3) is 0.316. The van der Waals surface area contributed by atoms with Crippen molar-refractivity contribution >= 4 is 24.0 Å². The van der Waals surface area contributed by atoms with Gasteiger partial charge >= 0.3 is 0 Å². The average Bonchev–Trinajstić information content (AvgIpc) is 3.38. The van der Waals surface area contributed by atoms with Crippen LogP contribution in [0.3, 0.4) is 0 Å². The van der Waals surface area contributed by atoms with E-state index in [2.05, 4.69) is 20.7 Å². The van der Waals surface area contributed by atoms with Crippen LogP contribution < -0.4 is 10.6 Å². The van der Waals surface area contributed by atoms with Gasteiger partial charge in [0.1, 0.15) is 11.8 Å². The molecule has 0 saturated carbocycles. The van der Waals surface area contributed by atoms with Gasteiger partial charge in [0.25, 0.3) is 5.91 Å². The molecule has 7 nitrogen and oxygen atoms in total. The summed E-state index contributed by atoms with van der Waals surface area (Å²) in [6.07, 6.45) is 8.11. The number of nitrogens with one attached hydrogen (secondary N) is 2. The zero-order valence-corrected chi connectivity index (χ0v) is 15.8. The van der Waals surface area contributed by atoms with Gasteiger partial charge in [0.05, 0.1) is 6.20 Å². The van der Waals surface area contributed by atoms with Crippen LogP contribution in [0.5, 0.6) is 0 Å². The summed E-state index contributed by atoms with van der Waals surface area (Å²) >= 11 is 0. The normalized spacial score (nSPS) is 15.7. The first-order valence-corrected chi connectivity index (χ1v) is 8.72. The molecule has 142 valence electrons. The molecule has 0 radical (unpaired) electrons. The van der Waals surface area contributed by atoms with Gasteiger partial charge in [-0.3, -0.25) is 9.48 Å². The van der Waals surface area contributed by atoms with E-state index in [4.69, 9.17) is 4.42 Å². The van der Waals surface area contributed by atoms with Crippen LogP contribution in [-0.4, -0.2) is 33.8 Å². The van der Waals surface area contributed by atoms with Crippen LogP contribution in [0.4, 0.5) is 5.69 Å². The highest BCUT2D eigenvalue weighted by Gasteiger charge is 2.42. The zero-order chi connectivity index (χ0) is 18.0. The van der Waals surface area contributed by atoms with Crippen molar-refractivity contribution in [1.82, 2.24) is 20.1 Å². The highest BCUT2D eigenvalue weighted by atomic mass is 35.5. The Morgan fingerprint density at radius 2 is 2.11 bits per heavy atom. The van der Waals surface area contributed by atoms with Gasteiger partial charge < -0.3 is 15.1 Å². The maximum atomic E-state index is 13.2. The van der Waals surface area contributed by atoms with Gasteiger partial charge in [0.15, 0.2) is 0 Å². The third-order valence-corrected chi connectivity index (χ3v) is 4.95. The van der Waals surface area contributed by atoms with Crippen molar-refractivity contribution in [3.63, 3.8) is 0 Å². The summed E-state index contributed by atoms with van der Waals surface area (Å²) in [6, 6.07) is 7.61. The van der Waals surface area contributed by atoms with E-state index in [-0.39, 0.29) is 18.3 Å². The van der Waals surface area contributed by atoms with Gasteiger partial charge in [-0.15, -0.1) is 12.4 Å². The van der Waals surface area contributed by atoms with Crippen LogP contribution in [-0.2, 0) is 10.3 Å². The second-order valence-corrected chi connectivity index (χ2v) is 6.55. The summed E-state index contributed by atoms with van der Waals surface area (Å²) in [4.78, 5) is 17.4. The molecular weight excluding hydrogens is 366 g/mol. The largest absolute Gasteiger partial charge is 0.445 e. The van der Waals surface area contributed by atoms with Gasteiger partial charge in [-0.1, -0.05) is 6.07 Å². The van der Waals surface area contributed by atoms with E-state index in [1.54, 1.807) is 23.3 Å². The molecule has 8 heteroatoms. The van der Waals surface area contributed by atoms with Crippen molar-refractivity contribution in [1.29, 1.82) is 0 Å². The topological polar surface area (TPSA) is 85.0 Å². The number of carbonyl (C=O) groups is 1. The van der Waals surface area contributed by atoms with Crippen molar-refractivity contribution in [3.8, 4) is 11.5 Å². The summed E-state index contributed by atoms with van der Waals surface area (Å²) in [5.41, 5.74) is 1.95. The molecule has 1 aromatic carbocycles. The molecule has 0 spiro atoms. The number of amides is 1. The van der Waals surface area contributed by atoms with E-state index >= 15 is 0 Å². The van der Waals surface area contributed by atoms with Crippen LogP contribution in [0, 0.1) is 6.92 Å². The van der Waals surface area contributed by atoms with Crippen LogP contribution in [0.15, 0.2) is 53.5 Å². The Kier molecular flexibility index (Phi) is 5.62. The molecule has 2 N–H and O–H groups in total. The van der Waals surface area contributed by atoms with E-state index in [1.807, 2.05) is 37.4 Å². The van der Waals surface area contributed by atoms with E-state index in [0.717, 1.165) is 29.9 Å². The third kappa shape index (κ3) is 3.61. The first-order valence-electron chi connectivity index (χ1n) is 8.72. The predicted molar refractivity (Wildman–Crippen MR) is 105 cm³/mol. The molecule has 1 aliphatic rings. The highest BCUT2D eigenvalue weighted by Crippen LogP contribution is 2.30. The smallest absolute Gasteiger partial charge is 0.252 e. The lowest BCUT2D eigenvalue weighted by molar-refractivity contribution is -0.126. The van der Waals surface area contributed by atoms with Crippen molar-refractivity contribution in [2.24, 2.45) is 0 Å². The Morgan fingerprint density at radius 3 is 2.78 bits per heavy atom. The minimum Gasteiger partial charge on any atom is -0.445 e. The number of carbonyl (C=O) groups excluding carboxylic acids is 1. The highest BCUT2D eigenvalue weighted by molar-refractivity contribution is 5.97. The quantitative estimate of drug-likeness (QED) is 0.718. The van der Waals surface area contributed by atoms with Gasteiger partial charge in [-0.05, 0) is 56.6 Å². The molecule has 0 atom stereocenters. The van der Waals surface area contributed by atoms with Crippen molar-refractivity contribution < 1.29 is 9.21 Å². The second kappa shape index (κ2) is 7.94. The number of rotatable bonds is 4. The lowest BCUT2D eigenvalue weighted by Crippen LogP contribution is -2.52. The SMILES string of the molecule is Cc1ccc(NC(=O)C2(n3cccn3)CCNCC2)cc1-c1ncco1.Cl. The van der Waals surface area contributed by atoms with E-state index in [9.17, 15) is 4.79 Å². The summed E-state index contributed by atoms with van der Waals surface area (Å²) in [7, 11) is 0. The molecule has 0 unspecified atom stereocenters. The number of aryl methyl sites for hydroxylation is 1. The molecule has 0 aliphatic carbocycles. The van der Waals surface area contributed by atoms with Crippen molar-refractivity contribution in [3.05, 3.63) is 54.7 Å². The average molecular weight is 388 g/mol. The monoisotopic (exact) mass is 387 g/mol. The van der Waals surface area contributed by atoms with Gasteiger partial charge in [0, 0.05) is 23.6 Å². The van der Waals surface area contributed by atoms with Crippen LogP contribution in [0.2, 0.25) is 0 Å². The Bertz CT molecular complexity index is 887. The lowest BCUT2D eigenvalue weighted by Gasteiger charge is -2.36. The predicted octanol–water partition coefficient (Wildman–Crippen LogP) is 2.99. The standard InChI is InChI=1S/C19H21N5O2.ClH/c1-14-3-4-15(13-16(14)17-21-10-12-26-17)23-18(25)19(5-8-20-9-6-19)24-11-2-7-22-24;/h2-4,7,10-13,20H,5-6,8-9H2,1H3,(H,23,25);1H. The summed E-state index contributed by atoms with van der Waals surface area (Å²) in [6.45, 7) is 3.55. The zero-order valence-electron chi connectivity index (χ0n) is 15.0. The van der Waals surface area contributed by atoms with E-state index < -0.39 is 5.54 Å². The van der Waals surface area contributed by atoms with E-state index in [0.29, 0.717) is 18.7 Å². The number of nitrogens with zero attached hydrogens (tertiary/aromatic N) is 3. The summed E-state index contributed by atoms with van der Waals surface area (Å²) < 4.78 is 7.19. The Morgan fingerprint density at radius 1 is 1.30 bits per heavy atom. The first-order chi connectivity index (χ1) is 12.7. The van der Waals surface area contributed by atoms with E-state index in [1.165, 1.54) is 0 Å². The maximum absolute atomic E-state index is 13.2. The number of hydrogen-bond donors (Lipinski definition) is 2. The number of hydrogen-bond acceptors (Lipinski definition) is 5. The minimum absolute atomic E-state index is 0. The third-order valence-electron chi connectivity index (χ3n) is 4.95. The Hall–Kier alpha value is -2.64. The maximum Gasteiger partial charge on any atom is 0.252 e. The molecule has 0 bridgehead atoms. The molecule has 1 fully saturated rings. The van der Waals surface area contributed by atoms with Crippen molar-refractivity contribution in [2.75, 3.05) is 18.4 Å². The molecule has 1 saturated heterocycles. The number of piperidine rings is 1. The lowest BCUT2D eigenvalue weighted by atomic mass is 9.87. The van der Waals surface area contributed by atoms with Crippen LogP contribution in [0.1, 0.15) is 18.4 Å². The first kappa shape index (κ1) is 19.1. The molecular formula is C19H22ClN5O2. The molecule has 1 amide bonds. The second-order valence-electron chi connectivity index (χ2n) is 6.55. The molecule has 3 aromatic rings. The van der Waals surface area contributed by atoms with Crippen LogP contribution >= 0.6 is 12.4 Å². The molecule has 3 heterocycles. The van der Waals surface area contributed by atoms with Gasteiger partial charge in [-0.25, -0.2) is 4.98 Å². The molecule has 27 heavy (non-hydrogen) atoms. The van der Waals surface area contributed by atoms with Crippen LogP contribution in [0.25, 0.3) is 11.5 Å². The Labute approximate surface area is 163 Å². The Balaban J connectivity index is 0.00000210. The number of aromatic nitrogens is 3. The van der Waals surface area contributed by atoms with Gasteiger partial charge in [-0.2, -0.15) is 5.10 Å². The molecule has 4 rings (SSSR count). The fourth-order valence-corrected chi connectivity index (χ4v) is 3.46. The van der Waals surface area contributed by atoms with Gasteiger partial charge in [0.2, 0.25) is 5.89 Å². The number of halogens is 1. The fourth-order valence-electron chi connectivity index (χ4n) is 3.46. The number of benzene rings is 1. The number of oxazole rings is 1.